The molecule has 0 heterocycles. The normalized spacial score (nSPS) is 11.0. The molecule has 0 saturated heterocycles. The minimum Gasteiger partial charge on any atom is -0.411 e. The van der Waals surface area contributed by atoms with Gasteiger partial charge in [-0.2, -0.15) is 12.6 Å². The maximum atomic E-state index is 10.8. The fourth-order valence-corrected chi connectivity index (χ4v) is 0.663. The van der Waals surface area contributed by atoms with E-state index < -0.39 is 10.6 Å². The topological polar surface area (TPSA) is 38.3 Å². The number of carbonyl (C=O) groups is 1. The zero-order valence-corrected chi connectivity index (χ0v) is 9.18. The van der Waals surface area contributed by atoms with Crippen LogP contribution in [0.15, 0.2) is 0 Å². The molecule has 0 aromatic rings. The average molecular weight is 253 g/mol. The van der Waals surface area contributed by atoms with Crippen molar-refractivity contribution in [3.05, 3.63) is 0 Å². The zero-order valence-electron chi connectivity index (χ0n) is 6.02. The quantitative estimate of drug-likeness (QED) is 0.593. The molecule has 0 fully saturated rings. The maximum Gasteiger partial charge on any atom is 0.409 e. The first kappa shape index (κ1) is 12.5. The van der Waals surface area contributed by atoms with Crippen LogP contribution >= 0.6 is 47.4 Å². The van der Waals surface area contributed by atoms with E-state index in [-0.39, 0.29) is 5.88 Å². The van der Waals surface area contributed by atoms with Crippen LogP contribution in [0.2, 0.25) is 0 Å². The summed E-state index contributed by atoms with van der Waals surface area (Å²) in [6.07, 6.45) is -0.713. The summed E-state index contributed by atoms with van der Waals surface area (Å²) in [4.78, 5) is 10.8. The van der Waals surface area contributed by atoms with E-state index in [0.29, 0.717) is 12.3 Å². The number of hydrogen-bond acceptors (Lipinski definition) is 3. The molecule has 7 heteroatoms. The van der Waals surface area contributed by atoms with Gasteiger partial charge in [0, 0.05) is 12.3 Å². The second kappa shape index (κ2) is 6.02. The highest BCUT2D eigenvalue weighted by Gasteiger charge is 2.27. The predicted octanol–water partition coefficient (Wildman–Crippen LogP) is 2.01. The van der Waals surface area contributed by atoms with Crippen LogP contribution in [0.1, 0.15) is 0 Å². The summed E-state index contributed by atoms with van der Waals surface area (Å²) in [7, 11) is 0. The first-order valence-corrected chi connectivity index (χ1v) is 4.95. The molecular weight excluding hydrogens is 244 g/mol. The summed E-state index contributed by atoms with van der Waals surface area (Å²) in [5.41, 5.74) is 0. The molecule has 72 valence electrons. The molecule has 0 aliphatic rings. The Hall–Kier alpha value is 0.490. The maximum absolute atomic E-state index is 10.8. The van der Waals surface area contributed by atoms with Gasteiger partial charge in [0.25, 0.3) is 4.52 Å². The van der Waals surface area contributed by atoms with E-state index in [1.165, 1.54) is 0 Å². The van der Waals surface area contributed by atoms with E-state index in [0.717, 1.165) is 0 Å². The van der Waals surface area contributed by atoms with E-state index in [1.54, 1.807) is 0 Å². The molecular formula is C5H8Cl3NO2S. The number of nitrogens with one attached hydrogen (secondary N) is 1. The van der Waals surface area contributed by atoms with Crippen molar-refractivity contribution in [2.45, 2.75) is 4.52 Å². The van der Waals surface area contributed by atoms with Gasteiger partial charge in [-0.3, -0.25) is 0 Å². The lowest BCUT2D eigenvalue weighted by Crippen LogP contribution is -2.33. The Bertz CT molecular complexity index is 156. The van der Waals surface area contributed by atoms with Crippen LogP contribution < -0.4 is 5.32 Å². The first-order chi connectivity index (χ1) is 5.52. The van der Waals surface area contributed by atoms with Crippen molar-refractivity contribution in [3.63, 3.8) is 0 Å². The van der Waals surface area contributed by atoms with Crippen LogP contribution in [-0.4, -0.2) is 28.8 Å². The number of amides is 1. The van der Waals surface area contributed by atoms with Crippen molar-refractivity contribution >= 4 is 53.5 Å². The van der Waals surface area contributed by atoms with E-state index in [9.17, 15) is 4.79 Å². The predicted molar refractivity (Wildman–Crippen MR) is 53.5 cm³/mol. The number of carbonyl (C=O) groups excluding carboxylic acids is 1. The third kappa shape index (κ3) is 6.06. The van der Waals surface area contributed by atoms with Crippen LogP contribution in [-0.2, 0) is 4.74 Å². The molecule has 0 radical (unpaired) electrons. The fourth-order valence-electron chi connectivity index (χ4n) is 0.357. The third-order valence-corrected chi connectivity index (χ3v) is 2.07. The molecule has 0 aliphatic heterocycles. The van der Waals surface area contributed by atoms with Crippen molar-refractivity contribution in [2.24, 2.45) is 0 Å². The lowest BCUT2D eigenvalue weighted by molar-refractivity contribution is 0.125. The van der Waals surface area contributed by atoms with Gasteiger partial charge in [-0.05, 0) is 0 Å². The summed E-state index contributed by atoms with van der Waals surface area (Å²) >= 11 is 20.0. The molecule has 0 aromatic carbocycles. The first-order valence-electron chi connectivity index (χ1n) is 3.03. The number of hydrogen-bond donors (Lipinski definition) is 2. The molecule has 3 nitrogen and oxygen atoms in total. The monoisotopic (exact) mass is 251 g/mol. The molecule has 0 aliphatic carbocycles. The van der Waals surface area contributed by atoms with E-state index in [1.807, 2.05) is 0 Å². The second-order valence-corrected chi connectivity index (χ2v) is 3.94. The Morgan fingerprint density at radius 2 is 2.17 bits per heavy atom. The van der Waals surface area contributed by atoms with E-state index in [2.05, 4.69) is 22.7 Å². The number of thiol groups is 1. The molecule has 0 bridgehead atoms. The Kier molecular flexibility index (Phi) is 6.27. The molecule has 0 aromatic heterocycles. The van der Waals surface area contributed by atoms with Gasteiger partial charge in [-0.25, -0.2) is 4.79 Å². The number of alkyl halides is 3. The van der Waals surface area contributed by atoms with Crippen molar-refractivity contribution < 1.29 is 9.53 Å². The van der Waals surface area contributed by atoms with Gasteiger partial charge < -0.3 is 10.1 Å². The molecule has 0 atom stereocenters. The largest absolute Gasteiger partial charge is 0.411 e. The van der Waals surface area contributed by atoms with Crippen molar-refractivity contribution in [2.75, 3.05) is 18.2 Å². The minimum absolute atomic E-state index is 0.190. The fraction of sp³-hybridized carbons (Fsp3) is 0.800. The van der Waals surface area contributed by atoms with E-state index >= 15 is 0 Å². The van der Waals surface area contributed by atoms with Crippen molar-refractivity contribution in [1.82, 2.24) is 5.32 Å². The van der Waals surface area contributed by atoms with Gasteiger partial charge in [-0.1, -0.05) is 23.2 Å². The lowest BCUT2D eigenvalue weighted by atomic mass is 10.7. The molecule has 0 rings (SSSR count). The van der Waals surface area contributed by atoms with Gasteiger partial charge >= 0.3 is 6.09 Å². The Labute approximate surface area is 91.1 Å². The number of alkyl carbamates (subject to hydrolysis) is 1. The van der Waals surface area contributed by atoms with Crippen molar-refractivity contribution in [3.8, 4) is 0 Å². The summed E-state index contributed by atoms with van der Waals surface area (Å²) in [5.74, 6) is 0.317. The molecule has 12 heavy (non-hydrogen) atoms. The highest BCUT2D eigenvalue weighted by molar-refractivity contribution is 7.80. The van der Waals surface area contributed by atoms with Crippen LogP contribution in [0.25, 0.3) is 0 Å². The molecule has 0 spiro atoms. The van der Waals surface area contributed by atoms with E-state index in [4.69, 9.17) is 34.8 Å². The Morgan fingerprint density at radius 1 is 1.58 bits per heavy atom. The molecule has 1 N–H and O–H groups in total. The van der Waals surface area contributed by atoms with Crippen LogP contribution in [0.5, 0.6) is 0 Å². The third-order valence-electron chi connectivity index (χ3n) is 0.779. The summed E-state index contributed by atoms with van der Waals surface area (Å²) in [6.45, 7) is 0.383. The van der Waals surface area contributed by atoms with Gasteiger partial charge in [0.1, 0.15) is 0 Å². The zero-order chi connectivity index (χ0) is 9.61. The van der Waals surface area contributed by atoms with Gasteiger partial charge in [0.05, 0.1) is 5.88 Å². The number of halogens is 3. The van der Waals surface area contributed by atoms with Crippen LogP contribution in [0.3, 0.4) is 0 Å². The number of rotatable bonds is 4. The van der Waals surface area contributed by atoms with Gasteiger partial charge in [-0.15, -0.1) is 11.6 Å². The molecule has 0 unspecified atom stereocenters. The van der Waals surface area contributed by atoms with Crippen LogP contribution in [0, 0.1) is 0 Å². The SMILES string of the molecule is O=C(NCCS)OC(Cl)(Cl)CCl. The molecule has 0 saturated carbocycles. The smallest absolute Gasteiger partial charge is 0.409 e. The highest BCUT2D eigenvalue weighted by Crippen LogP contribution is 2.23. The standard InChI is InChI=1S/C5H8Cl3NO2S/c6-3-5(7,8)11-4(10)9-1-2-12/h12H,1-3H2,(H,9,10). The average Bonchev–Trinajstić information content (AvgIpc) is 2.00. The number of ether oxygens (including phenoxy) is 1. The lowest BCUT2D eigenvalue weighted by Gasteiger charge is -2.16. The van der Waals surface area contributed by atoms with Gasteiger partial charge in [0.15, 0.2) is 0 Å². The Morgan fingerprint density at radius 3 is 2.58 bits per heavy atom. The van der Waals surface area contributed by atoms with Crippen molar-refractivity contribution in [1.29, 1.82) is 0 Å². The Balaban J connectivity index is 3.68. The van der Waals surface area contributed by atoms with Gasteiger partial charge in [0.2, 0.25) is 0 Å². The molecule has 1 amide bonds. The van der Waals surface area contributed by atoms with Crippen LogP contribution in [0.4, 0.5) is 4.79 Å². The summed E-state index contributed by atoms with van der Waals surface area (Å²) < 4.78 is 2.84. The minimum atomic E-state index is -1.66. The highest BCUT2D eigenvalue weighted by atomic mass is 35.5. The summed E-state index contributed by atoms with van der Waals surface area (Å²) in [5, 5.41) is 2.36. The second-order valence-electron chi connectivity index (χ2n) is 1.81. The summed E-state index contributed by atoms with van der Waals surface area (Å²) in [6, 6.07) is 0.